The number of hydrazone groups is 1. The second kappa shape index (κ2) is 9.46. The Bertz CT molecular complexity index is 1180. The molecule has 0 atom stereocenters. The molecule has 3 aromatic carbocycles. The highest BCUT2D eigenvalue weighted by Crippen LogP contribution is 2.33. The van der Waals surface area contributed by atoms with Gasteiger partial charge in [0.25, 0.3) is 5.69 Å². The summed E-state index contributed by atoms with van der Waals surface area (Å²) in [7, 11) is 0. The van der Waals surface area contributed by atoms with Gasteiger partial charge in [0, 0.05) is 28.9 Å². The molecule has 10 heteroatoms. The molecule has 0 aromatic heterocycles. The number of phenols is 1. The number of aromatic hydroxyl groups is 1. The Hall–Kier alpha value is -4.31. The number of thiocarbonyl (C=S) groups is 1. The topological polar surface area (TPSA) is 137 Å². The quantitative estimate of drug-likeness (QED) is 0.197. The van der Waals surface area contributed by atoms with Gasteiger partial charge in [0.2, 0.25) is 0 Å². The van der Waals surface area contributed by atoms with Crippen LogP contribution in [0.15, 0.2) is 71.8 Å². The van der Waals surface area contributed by atoms with Crippen LogP contribution >= 0.6 is 12.2 Å². The molecule has 0 fully saturated rings. The molecule has 3 rings (SSSR count). The fourth-order valence-electron chi connectivity index (χ4n) is 2.70. The van der Waals surface area contributed by atoms with E-state index in [1.165, 1.54) is 30.5 Å². The number of phenolic OH excluding ortho intramolecular Hbond substituents is 1. The Morgan fingerprint density at radius 2 is 1.81 bits per heavy atom. The summed E-state index contributed by atoms with van der Waals surface area (Å²) in [6.07, 6.45) is 1.36. The van der Waals surface area contributed by atoms with Crippen LogP contribution in [-0.4, -0.2) is 32.4 Å². The van der Waals surface area contributed by atoms with E-state index in [1.807, 2.05) is 0 Å². The van der Waals surface area contributed by atoms with E-state index in [0.29, 0.717) is 22.4 Å². The molecule has 0 unspecified atom stereocenters. The lowest BCUT2D eigenvalue weighted by molar-refractivity contribution is -0.384. The monoisotopic (exact) mass is 436 g/mol. The van der Waals surface area contributed by atoms with E-state index in [-0.39, 0.29) is 22.1 Å². The minimum Gasteiger partial charge on any atom is -0.507 e. The Morgan fingerprint density at radius 1 is 1.10 bits per heavy atom. The van der Waals surface area contributed by atoms with E-state index in [2.05, 4.69) is 15.8 Å². The number of nitrogens with one attached hydrogen (secondary N) is 2. The Kier molecular flexibility index (Phi) is 6.53. The normalized spacial score (nSPS) is 10.6. The van der Waals surface area contributed by atoms with Crippen molar-refractivity contribution < 1.29 is 19.9 Å². The lowest BCUT2D eigenvalue weighted by Crippen LogP contribution is -2.23. The van der Waals surface area contributed by atoms with Crippen molar-refractivity contribution in [1.82, 2.24) is 5.43 Å². The Labute approximate surface area is 181 Å². The minimum atomic E-state index is -1.02. The van der Waals surface area contributed by atoms with Crippen molar-refractivity contribution in [2.24, 2.45) is 5.10 Å². The van der Waals surface area contributed by atoms with Crippen LogP contribution in [0.5, 0.6) is 5.75 Å². The number of rotatable bonds is 6. The fraction of sp³-hybridized carbons (Fsp3) is 0. The number of carboxylic acid groups (broad SMARTS) is 1. The number of para-hydroxylation sites is 1. The van der Waals surface area contributed by atoms with E-state index in [4.69, 9.17) is 17.3 Å². The van der Waals surface area contributed by atoms with Gasteiger partial charge in [-0.3, -0.25) is 15.5 Å². The Morgan fingerprint density at radius 3 is 2.48 bits per heavy atom. The number of anilines is 1. The van der Waals surface area contributed by atoms with Crippen molar-refractivity contribution in [3.8, 4) is 16.9 Å². The standard InChI is InChI=1S/C21H16N4O5S/c26-19-15(4-2-6-18(19)14-3-1-5-17(11-14)25(29)30)12-22-24-21(31)23-16-9-7-13(8-10-16)20(27)28/h1-12,26H,(H,27,28)(H2,23,24,31)/b22-12-. The summed E-state index contributed by atoms with van der Waals surface area (Å²) in [4.78, 5) is 21.4. The SMILES string of the molecule is O=C(O)c1ccc(NC(=S)N/N=C\c2cccc(-c3cccc([N+](=O)[O-])c3)c2O)cc1. The number of nitro benzene ring substituents is 1. The van der Waals surface area contributed by atoms with Crippen LogP contribution in [0.3, 0.4) is 0 Å². The maximum atomic E-state index is 11.0. The molecule has 0 radical (unpaired) electrons. The number of aromatic carboxylic acids is 1. The van der Waals surface area contributed by atoms with Gasteiger partial charge < -0.3 is 15.5 Å². The highest BCUT2D eigenvalue weighted by atomic mass is 32.1. The zero-order valence-electron chi connectivity index (χ0n) is 15.9. The molecule has 0 saturated heterocycles. The van der Waals surface area contributed by atoms with Crippen molar-refractivity contribution in [3.63, 3.8) is 0 Å². The van der Waals surface area contributed by atoms with Crippen molar-refractivity contribution in [3.05, 3.63) is 88.0 Å². The number of benzene rings is 3. The summed E-state index contributed by atoms with van der Waals surface area (Å²) in [5.41, 5.74) is 4.55. The van der Waals surface area contributed by atoms with Gasteiger partial charge in [-0.15, -0.1) is 0 Å². The highest BCUT2D eigenvalue weighted by molar-refractivity contribution is 7.80. The minimum absolute atomic E-state index is 0.0783. The van der Waals surface area contributed by atoms with Crippen molar-refractivity contribution in [2.45, 2.75) is 0 Å². The number of carbonyl (C=O) groups is 1. The molecule has 0 amide bonds. The van der Waals surface area contributed by atoms with E-state index >= 15 is 0 Å². The van der Waals surface area contributed by atoms with Crippen molar-refractivity contribution in [2.75, 3.05) is 5.32 Å². The predicted molar refractivity (Wildman–Crippen MR) is 121 cm³/mol. The molecule has 0 aliphatic rings. The first-order valence-corrected chi connectivity index (χ1v) is 9.26. The number of hydrogen-bond acceptors (Lipinski definition) is 6. The third-order valence-electron chi connectivity index (χ3n) is 4.19. The number of nitro groups is 1. The van der Waals surface area contributed by atoms with Crippen LogP contribution in [0, 0.1) is 10.1 Å². The molecule has 0 spiro atoms. The maximum Gasteiger partial charge on any atom is 0.335 e. The summed E-state index contributed by atoms with van der Waals surface area (Å²) in [5, 5.41) is 37.4. The van der Waals surface area contributed by atoms with E-state index in [9.17, 15) is 20.0 Å². The van der Waals surface area contributed by atoms with E-state index in [0.717, 1.165) is 0 Å². The van der Waals surface area contributed by atoms with Crippen LogP contribution in [0.2, 0.25) is 0 Å². The number of non-ortho nitro benzene ring substituents is 1. The highest BCUT2D eigenvalue weighted by Gasteiger charge is 2.12. The molecule has 0 aliphatic heterocycles. The lowest BCUT2D eigenvalue weighted by Gasteiger charge is -2.08. The summed E-state index contributed by atoms with van der Waals surface area (Å²) in [6, 6.07) is 16.9. The molecule has 31 heavy (non-hydrogen) atoms. The third-order valence-corrected chi connectivity index (χ3v) is 4.39. The molecule has 9 nitrogen and oxygen atoms in total. The second-order valence-corrected chi connectivity index (χ2v) is 6.67. The van der Waals surface area contributed by atoms with Gasteiger partial charge in [-0.2, -0.15) is 5.10 Å². The largest absolute Gasteiger partial charge is 0.507 e. The van der Waals surface area contributed by atoms with Crippen LogP contribution in [0.4, 0.5) is 11.4 Å². The van der Waals surface area contributed by atoms with Crippen molar-refractivity contribution in [1.29, 1.82) is 0 Å². The fourth-order valence-corrected chi connectivity index (χ4v) is 2.87. The molecule has 3 aromatic rings. The van der Waals surface area contributed by atoms with Gasteiger partial charge in [0.15, 0.2) is 5.11 Å². The maximum absolute atomic E-state index is 11.0. The van der Waals surface area contributed by atoms with Gasteiger partial charge in [0.1, 0.15) is 5.75 Å². The first-order valence-electron chi connectivity index (χ1n) is 8.85. The third kappa shape index (κ3) is 5.40. The van der Waals surface area contributed by atoms with Crippen LogP contribution in [-0.2, 0) is 0 Å². The summed E-state index contributed by atoms with van der Waals surface area (Å²) < 4.78 is 0. The van der Waals surface area contributed by atoms with Gasteiger partial charge in [-0.1, -0.05) is 24.3 Å². The van der Waals surface area contributed by atoms with Gasteiger partial charge >= 0.3 is 5.97 Å². The average Bonchev–Trinajstić information content (AvgIpc) is 2.75. The van der Waals surface area contributed by atoms with Crippen molar-refractivity contribution >= 4 is 40.9 Å². The van der Waals surface area contributed by atoms with Crippen LogP contribution in [0.25, 0.3) is 11.1 Å². The lowest BCUT2D eigenvalue weighted by atomic mass is 10.0. The molecule has 0 saturated carbocycles. The van der Waals surface area contributed by atoms with Gasteiger partial charge in [-0.05, 0) is 48.1 Å². The Balaban J connectivity index is 1.69. The average molecular weight is 436 g/mol. The molecule has 0 aliphatic carbocycles. The van der Waals surface area contributed by atoms with Gasteiger partial charge in [-0.25, -0.2) is 4.79 Å². The molecule has 0 heterocycles. The predicted octanol–water partition coefficient (Wildman–Crippen LogP) is 3.99. The van der Waals surface area contributed by atoms with Crippen LogP contribution in [0.1, 0.15) is 15.9 Å². The first kappa shape index (κ1) is 21.4. The summed E-state index contributed by atoms with van der Waals surface area (Å²) >= 11 is 5.13. The number of nitrogens with zero attached hydrogens (tertiary/aromatic N) is 2. The van der Waals surface area contributed by atoms with Gasteiger partial charge in [0.05, 0.1) is 16.7 Å². The summed E-state index contributed by atoms with van der Waals surface area (Å²) in [6.45, 7) is 0. The zero-order chi connectivity index (χ0) is 22.4. The number of carboxylic acids is 1. The van der Waals surface area contributed by atoms with E-state index in [1.54, 1.807) is 42.5 Å². The van der Waals surface area contributed by atoms with Crippen LogP contribution < -0.4 is 10.7 Å². The molecule has 156 valence electrons. The molecule has 4 N–H and O–H groups in total. The van der Waals surface area contributed by atoms with E-state index < -0.39 is 10.9 Å². The smallest absolute Gasteiger partial charge is 0.335 e. The summed E-state index contributed by atoms with van der Waals surface area (Å²) in [5.74, 6) is -1.11. The molecular formula is C21H16N4O5S. The molecular weight excluding hydrogens is 420 g/mol. The zero-order valence-corrected chi connectivity index (χ0v) is 16.7. The first-order chi connectivity index (χ1) is 14.8. The number of hydrogen-bond donors (Lipinski definition) is 4. The molecule has 0 bridgehead atoms. The second-order valence-electron chi connectivity index (χ2n) is 6.26.